The maximum Gasteiger partial charge on any atom is 0.253 e. The third-order valence-electron chi connectivity index (χ3n) is 5.15. The number of piperazine rings is 1. The van der Waals surface area contributed by atoms with E-state index in [1.165, 1.54) is 0 Å². The van der Waals surface area contributed by atoms with Crippen LogP contribution in [0.1, 0.15) is 36.5 Å². The van der Waals surface area contributed by atoms with E-state index in [9.17, 15) is 14.4 Å². The summed E-state index contributed by atoms with van der Waals surface area (Å²) in [6, 6.07) is 7.34. The van der Waals surface area contributed by atoms with Crippen molar-refractivity contribution in [3.8, 4) is 0 Å². The van der Waals surface area contributed by atoms with Gasteiger partial charge in [0.2, 0.25) is 11.8 Å². The van der Waals surface area contributed by atoms with Crippen LogP contribution in [0.3, 0.4) is 0 Å². The molecule has 0 unspecified atom stereocenters. The molecule has 146 valence electrons. The van der Waals surface area contributed by atoms with Crippen molar-refractivity contribution in [3.63, 3.8) is 0 Å². The number of rotatable bonds is 5. The van der Waals surface area contributed by atoms with E-state index in [0.29, 0.717) is 51.3 Å². The van der Waals surface area contributed by atoms with Crippen LogP contribution in [0.5, 0.6) is 0 Å². The lowest BCUT2D eigenvalue weighted by molar-refractivity contribution is -0.122. The molecule has 2 fully saturated rings. The Morgan fingerprint density at radius 1 is 1.00 bits per heavy atom. The van der Waals surface area contributed by atoms with Gasteiger partial charge in [-0.1, -0.05) is 0 Å². The van der Waals surface area contributed by atoms with Gasteiger partial charge >= 0.3 is 0 Å². The van der Waals surface area contributed by atoms with E-state index in [1.807, 2.05) is 24.0 Å². The number of nitrogens with zero attached hydrogens (tertiary/aromatic N) is 3. The summed E-state index contributed by atoms with van der Waals surface area (Å²) in [7, 11) is 0. The minimum atomic E-state index is 0.00387. The molecule has 2 aliphatic heterocycles. The van der Waals surface area contributed by atoms with Gasteiger partial charge in [-0.2, -0.15) is 0 Å². The number of anilines is 1. The predicted molar refractivity (Wildman–Crippen MR) is 104 cm³/mol. The fourth-order valence-electron chi connectivity index (χ4n) is 3.61. The second kappa shape index (κ2) is 8.99. The van der Waals surface area contributed by atoms with Crippen LogP contribution in [0.4, 0.5) is 5.69 Å². The van der Waals surface area contributed by atoms with Crippen LogP contribution < -0.4 is 10.2 Å². The van der Waals surface area contributed by atoms with Gasteiger partial charge in [-0.25, -0.2) is 0 Å². The van der Waals surface area contributed by atoms with Crippen LogP contribution in [-0.4, -0.2) is 73.3 Å². The smallest absolute Gasteiger partial charge is 0.253 e. The summed E-state index contributed by atoms with van der Waals surface area (Å²) >= 11 is 0. The third-order valence-corrected chi connectivity index (χ3v) is 5.15. The highest BCUT2D eigenvalue weighted by Gasteiger charge is 2.24. The fraction of sp³-hybridized carbons (Fsp3) is 0.550. The quantitative estimate of drug-likeness (QED) is 0.840. The first kappa shape index (κ1) is 19.4. The van der Waals surface area contributed by atoms with Crippen molar-refractivity contribution in [1.29, 1.82) is 0 Å². The summed E-state index contributed by atoms with van der Waals surface area (Å²) in [6.45, 7) is 6.30. The Labute approximate surface area is 160 Å². The predicted octanol–water partition coefficient (Wildman–Crippen LogP) is 1.10. The second-order valence-corrected chi connectivity index (χ2v) is 7.07. The van der Waals surface area contributed by atoms with E-state index in [2.05, 4.69) is 10.2 Å². The zero-order valence-corrected chi connectivity index (χ0v) is 15.9. The van der Waals surface area contributed by atoms with Gasteiger partial charge in [0.1, 0.15) is 0 Å². The standard InChI is InChI=1S/C20H28N4O3/c1-2-21-18(25)15-22-11-13-23(14-12-22)20(27)16-6-8-17(9-7-16)24-10-4-3-5-19(24)26/h6-9H,2-5,10-15H2,1H3,(H,21,25). The van der Waals surface area contributed by atoms with Gasteiger partial charge in [-0.05, 0) is 44.0 Å². The highest BCUT2D eigenvalue weighted by molar-refractivity contribution is 5.97. The molecule has 3 rings (SSSR count). The van der Waals surface area contributed by atoms with E-state index < -0.39 is 0 Å². The fourth-order valence-corrected chi connectivity index (χ4v) is 3.61. The Balaban J connectivity index is 1.54. The van der Waals surface area contributed by atoms with Crippen molar-refractivity contribution in [2.75, 3.05) is 50.7 Å². The van der Waals surface area contributed by atoms with Crippen molar-refractivity contribution >= 4 is 23.4 Å². The summed E-state index contributed by atoms with van der Waals surface area (Å²) in [5.41, 5.74) is 1.50. The van der Waals surface area contributed by atoms with Crippen molar-refractivity contribution < 1.29 is 14.4 Å². The number of piperidine rings is 1. The number of hydrogen-bond donors (Lipinski definition) is 1. The van der Waals surface area contributed by atoms with E-state index in [-0.39, 0.29) is 17.7 Å². The molecule has 1 aromatic carbocycles. The molecule has 0 aromatic heterocycles. The Morgan fingerprint density at radius 3 is 2.33 bits per heavy atom. The zero-order chi connectivity index (χ0) is 19.2. The lowest BCUT2D eigenvalue weighted by atomic mass is 10.1. The molecule has 7 heteroatoms. The van der Waals surface area contributed by atoms with E-state index in [0.717, 1.165) is 25.1 Å². The van der Waals surface area contributed by atoms with Crippen molar-refractivity contribution in [2.24, 2.45) is 0 Å². The first-order valence-electron chi connectivity index (χ1n) is 9.77. The molecule has 0 saturated carbocycles. The number of likely N-dealkylation sites (N-methyl/N-ethyl adjacent to an activating group) is 1. The Hall–Kier alpha value is -2.41. The lowest BCUT2D eigenvalue weighted by Gasteiger charge is -2.34. The SMILES string of the molecule is CCNC(=O)CN1CCN(C(=O)c2ccc(N3CCCCC3=O)cc2)CC1. The van der Waals surface area contributed by atoms with Gasteiger partial charge in [0, 0.05) is 56.9 Å². The second-order valence-electron chi connectivity index (χ2n) is 7.07. The average Bonchev–Trinajstić information content (AvgIpc) is 2.69. The van der Waals surface area contributed by atoms with E-state index in [1.54, 1.807) is 17.0 Å². The van der Waals surface area contributed by atoms with E-state index in [4.69, 9.17) is 0 Å². The molecule has 7 nitrogen and oxygen atoms in total. The van der Waals surface area contributed by atoms with Crippen molar-refractivity contribution in [1.82, 2.24) is 15.1 Å². The summed E-state index contributed by atoms with van der Waals surface area (Å²) in [6.07, 6.45) is 2.58. The van der Waals surface area contributed by atoms with Gasteiger partial charge in [0.25, 0.3) is 5.91 Å². The molecule has 0 spiro atoms. The number of nitrogens with one attached hydrogen (secondary N) is 1. The summed E-state index contributed by atoms with van der Waals surface area (Å²) < 4.78 is 0. The third kappa shape index (κ3) is 4.86. The highest BCUT2D eigenvalue weighted by Crippen LogP contribution is 2.22. The highest BCUT2D eigenvalue weighted by atomic mass is 16.2. The molecule has 0 radical (unpaired) electrons. The number of hydrogen-bond acceptors (Lipinski definition) is 4. The number of benzene rings is 1. The molecular formula is C20H28N4O3. The van der Waals surface area contributed by atoms with Gasteiger partial charge < -0.3 is 15.1 Å². The van der Waals surface area contributed by atoms with Crippen LogP contribution in [0, 0.1) is 0 Å². The maximum absolute atomic E-state index is 12.7. The Morgan fingerprint density at radius 2 is 1.70 bits per heavy atom. The number of amides is 3. The minimum absolute atomic E-state index is 0.00387. The molecule has 1 aromatic rings. The van der Waals surface area contributed by atoms with Gasteiger partial charge in [-0.3, -0.25) is 19.3 Å². The largest absolute Gasteiger partial charge is 0.355 e. The van der Waals surface area contributed by atoms with Crippen LogP contribution in [0.15, 0.2) is 24.3 Å². The van der Waals surface area contributed by atoms with Crippen LogP contribution in [0.2, 0.25) is 0 Å². The van der Waals surface area contributed by atoms with Gasteiger partial charge in [-0.15, -0.1) is 0 Å². The monoisotopic (exact) mass is 372 g/mol. The molecule has 1 N–H and O–H groups in total. The maximum atomic E-state index is 12.7. The van der Waals surface area contributed by atoms with Crippen LogP contribution in [-0.2, 0) is 9.59 Å². The zero-order valence-electron chi connectivity index (χ0n) is 15.9. The molecule has 3 amide bonds. The molecule has 0 atom stereocenters. The minimum Gasteiger partial charge on any atom is -0.355 e. The molecule has 2 aliphatic rings. The first-order valence-corrected chi connectivity index (χ1v) is 9.77. The molecule has 0 aliphatic carbocycles. The van der Waals surface area contributed by atoms with Crippen LogP contribution >= 0.6 is 0 Å². The van der Waals surface area contributed by atoms with E-state index >= 15 is 0 Å². The van der Waals surface area contributed by atoms with Crippen LogP contribution in [0.25, 0.3) is 0 Å². The van der Waals surface area contributed by atoms with Crippen molar-refractivity contribution in [3.05, 3.63) is 29.8 Å². The normalized spacial score (nSPS) is 18.5. The summed E-state index contributed by atoms with van der Waals surface area (Å²) in [5.74, 6) is 0.188. The lowest BCUT2D eigenvalue weighted by Crippen LogP contribution is -2.51. The molecule has 2 heterocycles. The Bertz CT molecular complexity index is 681. The molecular weight excluding hydrogens is 344 g/mol. The molecule has 27 heavy (non-hydrogen) atoms. The van der Waals surface area contributed by atoms with Crippen molar-refractivity contribution in [2.45, 2.75) is 26.2 Å². The number of carbonyl (C=O) groups is 3. The number of carbonyl (C=O) groups excluding carboxylic acids is 3. The Kier molecular flexibility index (Phi) is 6.45. The first-order chi connectivity index (χ1) is 13.1. The van der Waals surface area contributed by atoms with Gasteiger partial charge in [0.15, 0.2) is 0 Å². The molecule has 0 bridgehead atoms. The van der Waals surface area contributed by atoms with Gasteiger partial charge in [0.05, 0.1) is 6.54 Å². The summed E-state index contributed by atoms with van der Waals surface area (Å²) in [5, 5.41) is 2.80. The summed E-state index contributed by atoms with van der Waals surface area (Å²) in [4.78, 5) is 42.1. The molecule has 2 saturated heterocycles. The topological polar surface area (TPSA) is 73.0 Å². The average molecular weight is 372 g/mol.